The number of hydrogen-bond donors (Lipinski definition) is 0. The second-order valence-electron chi connectivity index (χ2n) is 6.57. The van der Waals surface area contributed by atoms with Crippen LogP contribution in [-0.2, 0) is 0 Å². The lowest BCUT2D eigenvalue weighted by Crippen LogP contribution is -2.21. The summed E-state index contributed by atoms with van der Waals surface area (Å²) in [7, 11) is 0. The lowest BCUT2D eigenvalue weighted by molar-refractivity contribution is 0.590. The van der Waals surface area contributed by atoms with E-state index in [2.05, 4.69) is 42.3 Å². The number of fused-ring (bicyclic) bond motifs is 1. The van der Waals surface area contributed by atoms with Crippen LogP contribution >= 0.6 is 0 Å². The Hall–Kier alpha value is -2.78. The summed E-state index contributed by atoms with van der Waals surface area (Å²) in [6.45, 7) is 3.27. The standard InChI is InChI=1S/C23H27N3/c1-2-3-4-5-6-7-10-16-26-17-15-21(14-13-20(18-24)19-25)22-11-8-9-12-23(22)26/h8-9,11-15,17H,2-7,10,16H2,1H3/b21-14+. The summed E-state index contributed by atoms with van der Waals surface area (Å²) in [5.41, 5.74) is 3.48. The van der Waals surface area contributed by atoms with E-state index in [4.69, 9.17) is 10.5 Å². The summed E-state index contributed by atoms with van der Waals surface area (Å²) in [6.07, 6.45) is 16.7. The molecule has 0 atom stereocenters. The molecule has 0 amide bonds. The fourth-order valence-electron chi connectivity index (χ4n) is 3.16. The maximum Gasteiger partial charge on any atom is 0.129 e. The second kappa shape index (κ2) is 11.0. The van der Waals surface area contributed by atoms with Gasteiger partial charge in [0.1, 0.15) is 17.7 Å². The quantitative estimate of drug-likeness (QED) is 0.400. The van der Waals surface area contributed by atoms with Crippen molar-refractivity contribution in [3.63, 3.8) is 0 Å². The summed E-state index contributed by atoms with van der Waals surface area (Å²) in [6, 6.07) is 12.1. The molecule has 0 radical (unpaired) electrons. The first kappa shape index (κ1) is 19.5. The number of unbranched alkanes of at least 4 members (excludes halogenated alkanes) is 6. The van der Waals surface area contributed by atoms with Gasteiger partial charge in [-0.25, -0.2) is 0 Å². The predicted molar refractivity (Wildman–Crippen MR) is 108 cm³/mol. The van der Waals surface area contributed by atoms with Crippen LogP contribution in [0.3, 0.4) is 0 Å². The molecule has 0 aliphatic carbocycles. The molecule has 1 aliphatic rings. The summed E-state index contributed by atoms with van der Waals surface area (Å²) in [4.78, 5) is 2.30. The molecule has 0 aromatic heterocycles. The Labute approximate surface area is 157 Å². The van der Waals surface area contributed by atoms with Crippen LogP contribution in [0.4, 0.5) is 5.69 Å². The third-order valence-electron chi connectivity index (χ3n) is 4.63. The molecular weight excluding hydrogens is 318 g/mol. The molecule has 0 fully saturated rings. The van der Waals surface area contributed by atoms with Crippen molar-refractivity contribution in [1.82, 2.24) is 0 Å². The summed E-state index contributed by atoms with van der Waals surface area (Å²) < 4.78 is 0. The van der Waals surface area contributed by atoms with Crippen molar-refractivity contribution in [2.45, 2.75) is 51.9 Å². The molecular formula is C23H27N3. The van der Waals surface area contributed by atoms with Crippen LogP contribution in [0, 0.1) is 22.7 Å². The molecule has 1 aliphatic heterocycles. The van der Waals surface area contributed by atoms with E-state index < -0.39 is 0 Å². The number of nitriles is 2. The molecule has 0 spiro atoms. The molecule has 1 aromatic carbocycles. The number of anilines is 1. The van der Waals surface area contributed by atoms with Crippen LogP contribution in [0.2, 0.25) is 0 Å². The minimum atomic E-state index is 0.119. The highest BCUT2D eigenvalue weighted by molar-refractivity contribution is 5.87. The van der Waals surface area contributed by atoms with Crippen molar-refractivity contribution >= 4 is 11.3 Å². The van der Waals surface area contributed by atoms with E-state index in [1.807, 2.05) is 24.3 Å². The average molecular weight is 345 g/mol. The molecule has 0 N–H and O–H groups in total. The van der Waals surface area contributed by atoms with Crippen LogP contribution < -0.4 is 4.90 Å². The Morgan fingerprint density at radius 1 is 1.00 bits per heavy atom. The highest BCUT2D eigenvalue weighted by Gasteiger charge is 2.14. The summed E-state index contributed by atoms with van der Waals surface area (Å²) in [5.74, 6) is 0. The van der Waals surface area contributed by atoms with E-state index in [0.29, 0.717) is 0 Å². The molecule has 3 nitrogen and oxygen atoms in total. The molecule has 1 aromatic rings. The second-order valence-corrected chi connectivity index (χ2v) is 6.57. The van der Waals surface area contributed by atoms with E-state index in [0.717, 1.165) is 17.7 Å². The van der Waals surface area contributed by atoms with Gasteiger partial charge in [-0.2, -0.15) is 10.5 Å². The maximum absolute atomic E-state index is 8.89. The van der Waals surface area contributed by atoms with Gasteiger partial charge in [-0.15, -0.1) is 0 Å². The molecule has 3 heteroatoms. The van der Waals surface area contributed by atoms with Crippen LogP contribution in [0.5, 0.6) is 0 Å². The Morgan fingerprint density at radius 2 is 1.69 bits per heavy atom. The fraction of sp³-hybridized carbons (Fsp3) is 0.391. The maximum atomic E-state index is 8.89. The van der Waals surface area contributed by atoms with Crippen molar-refractivity contribution in [3.8, 4) is 12.1 Å². The zero-order valence-corrected chi connectivity index (χ0v) is 15.6. The Bertz CT molecular complexity index is 740. The number of para-hydroxylation sites is 1. The van der Waals surface area contributed by atoms with Crippen molar-refractivity contribution in [1.29, 1.82) is 10.5 Å². The summed E-state index contributed by atoms with van der Waals surface area (Å²) >= 11 is 0. The molecule has 2 rings (SSSR count). The Kier molecular flexibility index (Phi) is 8.24. The van der Waals surface area contributed by atoms with Crippen molar-refractivity contribution in [3.05, 3.63) is 59.8 Å². The van der Waals surface area contributed by atoms with E-state index in [1.54, 1.807) is 6.08 Å². The van der Waals surface area contributed by atoms with Gasteiger partial charge in [-0.1, -0.05) is 69.7 Å². The fourth-order valence-corrected chi connectivity index (χ4v) is 3.16. The highest BCUT2D eigenvalue weighted by atomic mass is 15.1. The lowest BCUT2D eigenvalue weighted by Gasteiger charge is -2.27. The predicted octanol–water partition coefficient (Wildman–Crippen LogP) is 6.13. The van der Waals surface area contributed by atoms with Gasteiger partial charge < -0.3 is 4.90 Å². The summed E-state index contributed by atoms with van der Waals surface area (Å²) in [5, 5.41) is 17.8. The van der Waals surface area contributed by atoms with Gasteiger partial charge in [0.25, 0.3) is 0 Å². The molecule has 0 unspecified atom stereocenters. The lowest BCUT2D eigenvalue weighted by atomic mass is 9.99. The van der Waals surface area contributed by atoms with E-state index in [-0.39, 0.29) is 5.57 Å². The number of nitrogens with zero attached hydrogens (tertiary/aromatic N) is 3. The first-order valence-corrected chi connectivity index (χ1v) is 9.56. The molecule has 26 heavy (non-hydrogen) atoms. The molecule has 0 saturated carbocycles. The van der Waals surface area contributed by atoms with Crippen LogP contribution in [0.15, 0.2) is 54.3 Å². The first-order valence-electron chi connectivity index (χ1n) is 9.56. The number of benzene rings is 1. The third kappa shape index (κ3) is 5.64. The smallest absolute Gasteiger partial charge is 0.129 e. The zero-order valence-electron chi connectivity index (χ0n) is 15.6. The Balaban J connectivity index is 1.99. The molecule has 134 valence electrons. The van der Waals surface area contributed by atoms with E-state index in [9.17, 15) is 0 Å². The minimum Gasteiger partial charge on any atom is -0.347 e. The molecule has 0 bridgehead atoms. The van der Waals surface area contributed by atoms with Gasteiger partial charge in [-0.3, -0.25) is 0 Å². The average Bonchev–Trinajstić information content (AvgIpc) is 2.69. The monoisotopic (exact) mass is 345 g/mol. The Morgan fingerprint density at radius 3 is 2.42 bits per heavy atom. The van der Waals surface area contributed by atoms with E-state index >= 15 is 0 Å². The number of rotatable bonds is 9. The van der Waals surface area contributed by atoms with Crippen molar-refractivity contribution in [2.24, 2.45) is 0 Å². The molecule has 1 heterocycles. The minimum absolute atomic E-state index is 0.119. The normalized spacial score (nSPS) is 13.8. The topological polar surface area (TPSA) is 50.8 Å². The number of hydrogen-bond acceptors (Lipinski definition) is 3. The first-order chi connectivity index (χ1) is 12.8. The van der Waals surface area contributed by atoms with Gasteiger partial charge in [0.2, 0.25) is 0 Å². The van der Waals surface area contributed by atoms with Crippen LogP contribution in [0.25, 0.3) is 5.57 Å². The van der Waals surface area contributed by atoms with Gasteiger partial charge in [0.15, 0.2) is 0 Å². The zero-order chi connectivity index (χ0) is 18.6. The van der Waals surface area contributed by atoms with Crippen molar-refractivity contribution < 1.29 is 0 Å². The van der Waals surface area contributed by atoms with Gasteiger partial charge in [0.05, 0.1) is 0 Å². The van der Waals surface area contributed by atoms with Gasteiger partial charge >= 0.3 is 0 Å². The number of allylic oxidation sites excluding steroid dienone is 5. The van der Waals surface area contributed by atoms with E-state index in [1.165, 1.54) is 50.6 Å². The molecule has 0 saturated heterocycles. The van der Waals surface area contributed by atoms with Crippen LogP contribution in [-0.4, -0.2) is 6.54 Å². The van der Waals surface area contributed by atoms with Gasteiger partial charge in [0, 0.05) is 24.0 Å². The SMILES string of the molecule is CCCCCCCCCN1C=C/C(=C\C=C(C#N)C#N)c2ccccc21. The van der Waals surface area contributed by atoms with Crippen LogP contribution in [0.1, 0.15) is 57.4 Å². The van der Waals surface area contributed by atoms with Gasteiger partial charge in [-0.05, 0) is 30.2 Å². The third-order valence-corrected chi connectivity index (χ3v) is 4.63. The highest BCUT2D eigenvalue weighted by Crippen LogP contribution is 2.33. The largest absolute Gasteiger partial charge is 0.347 e. The van der Waals surface area contributed by atoms with Crippen molar-refractivity contribution in [2.75, 3.05) is 11.4 Å².